The van der Waals surface area contributed by atoms with Crippen LogP contribution in [0.25, 0.3) is 10.9 Å². The summed E-state index contributed by atoms with van der Waals surface area (Å²) in [7, 11) is 2.03. The molecule has 2 aromatic carbocycles. The molecule has 0 radical (unpaired) electrons. The molecule has 3 aromatic rings. The van der Waals surface area contributed by atoms with Gasteiger partial charge in [-0.25, -0.2) is 0 Å². The molecule has 2 N–H and O–H groups in total. The lowest BCUT2D eigenvalue weighted by Crippen LogP contribution is -1.90. The highest BCUT2D eigenvalue weighted by atomic mass is 16.3. The van der Waals surface area contributed by atoms with E-state index in [1.807, 2.05) is 31.4 Å². The van der Waals surface area contributed by atoms with E-state index in [-0.39, 0.29) is 5.75 Å². The molecule has 0 aliphatic heterocycles. The van der Waals surface area contributed by atoms with E-state index in [9.17, 15) is 5.11 Å². The fraction of sp³-hybridized carbons (Fsp3) is 0.0667. The second-order valence-electron chi connectivity index (χ2n) is 4.34. The van der Waals surface area contributed by atoms with Gasteiger partial charge in [-0.05, 0) is 36.4 Å². The molecule has 0 bridgehead atoms. The SMILES string of the molecule is Cn1ccc2cc(Nc3ccccc3O)ccc21. The summed E-state index contributed by atoms with van der Waals surface area (Å²) in [4.78, 5) is 0. The van der Waals surface area contributed by atoms with E-state index < -0.39 is 0 Å². The van der Waals surface area contributed by atoms with Crippen LogP contribution in [0.5, 0.6) is 5.75 Å². The van der Waals surface area contributed by atoms with Crippen LogP contribution >= 0.6 is 0 Å². The molecule has 0 unspecified atom stereocenters. The third-order valence-electron chi connectivity index (χ3n) is 3.07. The first-order valence-electron chi connectivity index (χ1n) is 5.84. The van der Waals surface area contributed by atoms with Gasteiger partial charge < -0.3 is 15.0 Å². The van der Waals surface area contributed by atoms with Crippen molar-refractivity contribution in [2.45, 2.75) is 0 Å². The Balaban J connectivity index is 1.98. The number of aromatic nitrogens is 1. The molecular weight excluding hydrogens is 224 g/mol. The minimum Gasteiger partial charge on any atom is -0.506 e. The number of para-hydroxylation sites is 2. The van der Waals surface area contributed by atoms with Gasteiger partial charge >= 0.3 is 0 Å². The van der Waals surface area contributed by atoms with E-state index in [1.54, 1.807) is 12.1 Å². The van der Waals surface area contributed by atoms with Gasteiger partial charge in [-0.15, -0.1) is 0 Å². The van der Waals surface area contributed by atoms with Gasteiger partial charge in [0.05, 0.1) is 5.69 Å². The molecule has 3 nitrogen and oxygen atoms in total. The zero-order chi connectivity index (χ0) is 12.5. The average Bonchev–Trinajstić information content (AvgIpc) is 2.74. The van der Waals surface area contributed by atoms with Gasteiger partial charge in [-0.1, -0.05) is 12.1 Å². The first-order chi connectivity index (χ1) is 8.74. The van der Waals surface area contributed by atoms with Gasteiger partial charge in [0.25, 0.3) is 0 Å². The molecule has 0 spiro atoms. The van der Waals surface area contributed by atoms with Crippen LogP contribution in [0.15, 0.2) is 54.7 Å². The Morgan fingerprint density at radius 1 is 1.06 bits per heavy atom. The number of benzene rings is 2. The number of phenols is 1. The highest BCUT2D eigenvalue weighted by Crippen LogP contribution is 2.27. The third kappa shape index (κ3) is 1.80. The minimum absolute atomic E-state index is 0.255. The fourth-order valence-corrected chi connectivity index (χ4v) is 2.09. The van der Waals surface area contributed by atoms with Gasteiger partial charge in [0, 0.05) is 29.8 Å². The predicted octanol–water partition coefficient (Wildman–Crippen LogP) is 3.63. The molecule has 0 amide bonds. The summed E-state index contributed by atoms with van der Waals surface area (Å²) in [5.74, 6) is 0.255. The molecule has 0 aliphatic rings. The summed E-state index contributed by atoms with van der Waals surface area (Å²) in [5, 5.41) is 14.1. The lowest BCUT2D eigenvalue weighted by Gasteiger charge is -2.08. The van der Waals surface area contributed by atoms with Crippen molar-refractivity contribution in [1.29, 1.82) is 0 Å². The van der Waals surface area contributed by atoms with E-state index in [4.69, 9.17) is 0 Å². The maximum Gasteiger partial charge on any atom is 0.139 e. The lowest BCUT2D eigenvalue weighted by molar-refractivity contribution is 0.478. The number of rotatable bonds is 2. The maximum atomic E-state index is 9.72. The normalized spacial score (nSPS) is 10.7. The number of phenolic OH excluding ortho intramolecular Hbond substituents is 1. The summed E-state index contributed by atoms with van der Waals surface area (Å²) >= 11 is 0. The predicted molar refractivity (Wildman–Crippen MR) is 74.3 cm³/mol. The smallest absolute Gasteiger partial charge is 0.139 e. The molecule has 18 heavy (non-hydrogen) atoms. The summed E-state index contributed by atoms with van der Waals surface area (Å²) in [6, 6.07) is 15.4. The Kier molecular flexibility index (Phi) is 2.45. The van der Waals surface area contributed by atoms with Crippen molar-refractivity contribution in [3.8, 4) is 5.75 Å². The quantitative estimate of drug-likeness (QED) is 0.669. The molecule has 1 heterocycles. The molecule has 3 rings (SSSR count). The third-order valence-corrected chi connectivity index (χ3v) is 3.07. The Hall–Kier alpha value is -2.42. The summed E-state index contributed by atoms with van der Waals surface area (Å²) < 4.78 is 2.08. The van der Waals surface area contributed by atoms with Crippen molar-refractivity contribution in [1.82, 2.24) is 4.57 Å². The summed E-state index contributed by atoms with van der Waals surface area (Å²) in [6.45, 7) is 0. The van der Waals surface area contributed by atoms with Crippen LogP contribution in [0.4, 0.5) is 11.4 Å². The number of aryl methyl sites for hydroxylation is 1. The maximum absolute atomic E-state index is 9.72. The summed E-state index contributed by atoms with van der Waals surface area (Å²) in [5.41, 5.74) is 2.88. The standard InChI is InChI=1S/C15H14N2O/c1-17-9-8-11-10-12(6-7-14(11)17)16-13-4-2-3-5-15(13)18/h2-10,16,18H,1H3. The van der Waals surface area contributed by atoms with Crippen molar-refractivity contribution in [3.63, 3.8) is 0 Å². The molecule has 0 atom stereocenters. The van der Waals surface area contributed by atoms with Crippen LogP contribution in [0.3, 0.4) is 0 Å². The Morgan fingerprint density at radius 3 is 2.72 bits per heavy atom. The van der Waals surface area contributed by atoms with E-state index in [1.165, 1.54) is 10.9 Å². The van der Waals surface area contributed by atoms with E-state index >= 15 is 0 Å². The van der Waals surface area contributed by atoms with Crippen LogP contribution in [0.2, 0.25) is 0 Å². The highest BCUT2D eigenvalue weighted by molar-refractivity contribution is 5.85. The second-order valence-corrected chi connectivity index (χ2v) is 4.34. The highest BCUT2D eigenvalue weighted by Gasteiger charge is 2.02. The molecule has 90 valence electrons. The zero-order valence-corrected chi connectivity index (χ0v) is 10.1. The Bertz CT molecular complexity index is 701. The van der Waals surface area contributed by atoms with Crippen molar-refractivity contribution in [2.75, 3.05) is 5.32 Å². The molecule has 0 saturated carbocycles. The van der Waals surface area contributed by atoms with Crippen molar-refractivity contribution in [3.05, 3.63) is 54.7 Å². The average molecular weight is 238 g/mol. The van der Waals surface area contributed by atoms with E-state index in [2.05, 4.69) is 28.1 Å². The van der Waals surface area contributed by atoms with Gasteiger partial charge in [0.2, 0.25) is 0 Å². The van der Waals surface area contributed by atoms with Crippen LogP contribution in [-0.2, 0) is 7.05 Å². The Labute approximate surface area is 105 Å². The number of anilines is 2. The van der Waals surface area contributed by atoms with Gasteiger partial charge in [0.15, 0.2) is 0 Å². The first-order valence-corrected chi connectivity index (χ1v) is 5.84. The number of hydrogen-bond acceptors (Lipinski definition) is 2. The largest absolute Gasteiger partial charge is 0.506 e. The zero-order valence-electron chi connectivity index (χ0n) is 10.1. The van der Waals surface area contributed by atoms with E-state index in [0.29, 0.717) is 5.69 Å². The minimum atomic E-state index is 0.255. The first kappa shape index (κ1) is 10.7. The summed E-state index contributed by atoms with van der Waals surface area (Å²) in [6.07, 6.45) is 2.04. The number of nitrogens with one attached hydrogen (secondary N) is 1. The second kappa shape index (κ2) is 4.11. The molecule has 1 aromatic heterocycles. The van der Waals surface area contributed by atoms with Gasteiger partial charge in [0.1, 0.15) is 5.75 Å². The van der Waals surface area contributed by atoms with E-state index in [0.717, 1.165) is 5.69 Å². The number of nitrogens with zero attached hydrogens (tertiary/aromatic N) is 1. The van der Waals surface area contributed by atoms with Crippen LogP contribution in [0, 0.1) is 0 Å². The monoisotopic (exact) mass is 238 g/mol. The lowest BCUT2D eigenvalue weighted by atomic mass is 10.2. The molecule has 0 saturated heterocycles. The van der Waals surface area contributed by atoms with Crippen molar-refractivity contribution < 1.29 is 5.11 Å². The van der Waals surface area contributed by atoms with Gasteiger partial charge in [-0.2, -0.15) is 0 Å². The number of hydrogen-bond donors (Lipinski definition) is 2. The fourth-order valence-electron chi connectivity index (χ4n) is 2.09. The number of aromatic hydroxyl groups is 1. The molecule has 0 fully saturated rings. The van der Waals surface area contributed by atoms with Crippen LogP contribution in [-0.4, -0.2) is 9.67 Å². The van der Waals surface area contributed by atoms with Crippen molar-refractivity contribution in [2.24, 2.45) is 7.05 Å². The van der Waals surface area contributed by atoms with Crippen LogP contribution < -0.4 is 5.32 Å². The van der Waals surface area contributed by atoms with Gasteiger partial charge in [-0.3, -0.25) is 0 Å². The van der Waals surface area contributed by atoms with Crippen molar-refractivity contribution >= 4 is 22.3 Å². The molecular formula is C15H14N2O. The topological polar surface area (TPSA) is 37.2 Å². The van der Waals surface area contributed by atoms with Crippen LogP contribution in [0.1, 0.15) is 0 Å². The molecule has 0 aliphatic carbocycles. The molecule has 3 heteroatoms. The number of fused-ring (bicyclic) bond motifs is 1. The Morgan fingerprint density at radius 2 is 1.89 bits per heavy atom.